The largest absolute Gasteiger partial charge is 0.481 e. The number of nitrogens with zero attached hydrogens (tertiary/aromatic N) is 3. The van der Waals surface area contributed by atoms with Gasteiger partial charge in [-0.1, -0.05) is 0 Å². The number of benzene rings is 1. The Kier molecular flexibility index (Phi) is 3.55. The van der Waals surface area contributed by atoms with Crippen LogP contribution in [-0.4, -0.2) is 31.8 Å². The van der Waals surface area contributed by atoms with E-state index in [9.17, 15) is 18.4 Å². The standard InChI is InChI=1S/C14H11F2N3O4/c15-8-1-2-10(11(16)3-8)14(5-19-7-17-6-18-19)4-9(12(20)21)13(22)23-14/h1-3,6-7,9H,4-5H2,(H,20,21)/t9-,14-/m0/s1. The second kappa shape index (κ2) is 5.41. The number of hydrogen-bond donors (Lipinski definition) is 1. The fraction of sp³-hybridized carbons (Fsp3) is 0.286. The van der Waals surface area contributed by atoms with E-state index in [1.54, 1.807) is 0 Å². The number of halogens is 2. The van der Waals surface area contributed by atoms with E-state index in [4.69, 9.17) is 9.84 Å². The lowest BCUT2D eigenvalue weighted by Crippen LogP contribution is -2.33. The molecule has 1 aliphatic heterocycles. The lowest BCUT2D eigenvalue weighted by Gasteiger charge is -2.28. The van der Waals surface area contributed by atoms with Crippen LogP contribution < -0.4 is 0 Å². The van der Waals surface area contributed by atoms with Gasteiger partial charge in [0.15, 0.2) is 11.5 Å². The third kappa shape index (κ3) is 2.65. The number of aromatic nitrogens is 3. The Morgan fingerprint density at radius 3 is 2.83 bits per heavy atom. The van der Waals surface area contributed by atoms with E-state index in [2.05, 4.69) is 10.1 Å². The highest BCUT2D eigenvalue weighted by atomic mass is 19.1. The highest BCUT2D eigenvalue weighted by Crippen LogP contribution is 2.42. The fourth-order valence-electron chi connectivity index (χ4n) is 2.69. The Morgan fingerprint density at radius 1 is 1.48 bits per heavy atom. The van der Waals surface area contributed by atoms with Crippen LogP contribution in [0.5, 0.6) is 0 Å². The second-order valence-electron chi connectivity index (χ2n) is 5.23. The summed E-state index contributed by atoms with van der Waals surface area (Å²) in [4.78, 5) is 26.8. The molecule has 3 rings (SSSR count). The minimum absolute atomic E-state index is 0.105. The average molecular weight is 323 g/mol. The van der Waals surface area contributed by atoms with Crippen LogP contribution in [0, 0.1) is 17.6 Å². The normalized spacial score (nSPS) is 23.7. The van der Waals surface area contributed by atoms with Crippen LogP contribution in [0.4, 0.5) is 8.78 Å². The first-order valence-electron chi connectivity index (χ1n) is 6.65. The highest BCUT2D eigenvalue weighted by Gasteiger charge is 2.52. The Hall–Kier alpha value is -2.84. The van der Waals surface area contributed by atoms with Gasteiger partial charge in [0.1, 0.15) is 24.3 Å². The number of hydrogen-bond acceptors (Lipinski definition) is 5. The maximum absolute atomic E-state index is 14.2. The summed E-state index contributed by atoms with van der Waals surface area (Å²) in [5.74, 6) is -5.48. The van der Waals surface area contributed by atoms with Crippen molar-refractivity contribution in [2.45, 2.75) is 18.6 Å². The molecule has 0 unspecified atom stereocenters. The van der Waals surface area contributed by atoms with Crippen molar-refractivity contribution in [3.05, 3.63) is 48.1 Å². The Balaban J connectivity index is 2.07. The van der Waals surface area contributed by atoms with Gasteiger partial charge in [-0.3, -0.25) is 9.59 Å². The van der Waals surface area contributed by atoms with Crippen LogP contribution in [0.1, 0.15) is 12.0 Å². The first kappa shape index (κ1) is 15.1. The minimum atomic E-state index is -1.59. The molecule has 1 aromatic heterocycles. The van der Waals surface area contributed by atoms with Crippen molar-refractivity contribution in [2.75, 3.05) is 0 Å². The summed E-state index contributed by atoms with van der Waals surface area (Å²) in [6, 6.07) is 2.81. The first-order chi connectivity index (χ1) is 10.9. The highest BCUT2D eigenvalue weighted by molar-refractivity contribution is 5.95. The number of rotatable bonds is 4. The summed E-state index contributed by atoms with van der Waals surface area (Å²) in [6.45, 7) is -0.134. The van der Waals surface area contributed by atoms with Crippen LogP contribution >= 0.6 is 0 Å². The van der Waals surface area contributed by atoms with Gasteiger partial charge in [-0.05, 0) is 12.1 Å². The smallest absolute Gasteiger partial charge is 0.321 e. The summed E-state index contributed by atoms with van der Waals surface area (Å²) in [5.41, 5.74) is -1.70. The van der Waals surface area contributed by atoms with Crippen molar-refractivity contribution in [2.24, 2.45) is 5.92 Å². The Morgan fingerprint density at radius 2 is 2.26 bits per heavy atom. The van der Waals surface area contributed by atoms with E-state index in [0.29, 0.717) is 6.07 Å². The second-order valence-corrected chi connectivity index (χ2v) is 5.23. The van der Waals surface area contributed by atoms with Gasteiger partial charge in [0.2, 0.25) is 0 Å². The molecule has 2 heterocycles. The fourth-order valence-corrected chi connectivity index (χ4v) is 2.69. The summed E-state index contributed by atoms with van der Waals surface area (Å²) >= 11 is 0. The molecule has 0 amide bonds. The van der Waals surface area contributed by atoms with Crippen molar-refractivity contribution in [3.63, 3.8) is 0 Å². The van der Waals surface area contributed by atoms with E-state index < -0.39 is 35.1 Å². The van der Waals surface area contributed by atoms with Crippen LogP contribution in [0.3, 0.4) is 0 Å². The minimum Gasteiger partial charge on any atom is -0.481 e. The molecule has 1 aliphatic rings. The van der Waals surface area contributed by atoms with Gasteiger partial charge in [0.25, 0.3) is 0 Å². The summed E-state index contributed by atoms with van der Waals surface area (Å²) < 4.78 is 33.9. The van der Waals surface area contributed by atoms with Gasteiger partial charge in [0, 0.05) is 18.1 Å². The summed E-state index contributed by atoms with van der Waals surface area (Å²) in [7, 11) is 0. The van der Waals surface area contributed by atoms with Crippen LogP contribution in [0.15, 0.2) is 30.9 Å². The number of aliphatic carboxylic acids is 1. The molecule has 0 saturated carbocycles. The molecule has 120 valence electrons. The molecule has 0 radical (unpaired) electrons. The molecule has 1 fully saturated rings. The van der Waals surface area contributed by atoms with Crippen molar-refractivity contribution < 1.29 is 28.2 Å². The Labute approximate surface area is 128 Å². The van der Waals surface area contributed by atoms with E-state index in [-0.39, 0.29) is 18.5 Å². The summed E-state index contributed by atoms with van der Waals surface area (Å²) in [5, 5.41) is 13.0. The predicted molar refractivity (Wildman–Crippen MR) is 69.9 cm³/mol. The van der Waals surface area contributed by atoms with Crippen LogP contribution in [0.25, 0.3) is 0 Å². The Bertz CT molecular complexity index is 765. The zero-order valence-electron chi connectivity index (χ0n) is 11.6. The molecule has 7 nitrogen and oxygen atoms in total. The van der Waals surface area contributed by atoms with Gasteiger partial charge in [-0.15, -0.1) is 0 Å². The van der Waals surface area contributed by atoms with Crippen molar-refractivity contribution in [1.29, 1.82) is 0 Å². The molecule has 2 aromatic rings. The molecule has 9 heteroatoms. The van der Waals surface area contributed by atoms with E-state index in [1.165, 1.54) is 17.3 Å². The van der Waals surface area contributed by atoms with E-state index in [0.717, 1.165) is 12.1 Å². The number of carbonyl (C=O) groups excluding carboxylic acids is 1. The number of esters is 1. The van der Waals surface area contributed by atoms with Gasteiger partial charge < -0.3 is 9.84 Å². The average Bonchev–Trinajstić information content (AvgIpc) is 3.07. The molecule has 2 atom stereocenters. The number of carboxylic acid groups (broad SMARTS) is 1. The van der Waals surface area contributed by atoms with Crippen molar-refractivity contribution in [3.8, 4) is 0 Å². The van der Waals surface area contributed by atoms with Gasteiger partial charge in [0.05, 0.1) is 6.54 Å². The monoisotopic (exact) mass is 323 g/mol. The summed E-state index contributed by atoms with van der Waals surface area (Å²) in [6.07, 6.45) is 2.27. The predicted octanol–water partition coefficient (Wildman–Crippen LogP) is 1.10. The molecule has 1 saturated heterocycles. The number of cyclic esters (lactones) is 1. The lowest BCUT2D eigenvalue weighted by atomic mass is 9.86. The molecule has 1 aromatic carbocycles. The van der Waals surface area contributed by atoms with Gasteiger partial charge >= 0.3 is 11.9 Å². The third-order valence-corrected chi connectivity index (χ3v) is 3.72. The van der Waals surface area contributed by atoms with Crippen LogP contribution in [-0.2, 0) is 26.5 Å². The topological polar surface area (TPSA) is 94.3 Å². The molecule has 1 N–H and O–H groups in total. The molecule has 0 spiro atoms. The molecule has 0 aliphatic carbocycles. The SMILES string of the molecule is O=C(O)[C@@H]1C[C@](Cn2cncn2)(c2ccc(F)cc2F)OC1=O. The third-order valence-electron chi connectivity index (χ3n) is 3.72. The zero-order chi connectivity index (χ0) is 16.6. The van der Waals surface area contributed by atoms with Crippen molar-refractivity contribution >= 4 is 11.9 Å². The number of carbonyl (C=O) groups is 2. The molecular weight excluding hydrogens is 312 g/mol. The maximum atomic E-state index is 14.2. The molecular formula is C14H11F2N3O4. The van der Waals surface area contributed by atoms with E-state index in [1.807, 2.05) is 0 Å². The number of carboxylic acids is 1. The lowest BCUT2D eigenvalue weighted by molar-refractivity contribution is -0.157. The zero-order valence-corrected chi connectivity index (χ0v) is 11.6. The van der Waals surface area contributed by atoms with E-state index >= 15 is 0 Å². The quantitative estimate of drug-likeness (QED) is 0.669. The number of ether oxygens (including phenoxy) is 1. The van der Waals surface area contributed by atoms with Crippen LogP contribution in [0.2, 0.25) is 0 Å². The van der Waals surface area contributed by atoms with Gasteiger partial charge in [-0.25, -0.2) is 18.4 Å². The van der Waals surface area contributed by atoms with Crippen molar-refractivity contribution in [1.82, 2.24) is 14.8 Å². The van der Waals surface area contributed by atoms with Gasteiger partial charge in [-0.2, -0.15) is 5.10 Å². The molecule has 0 bridgehead atoms. The molecule has 23 heavy (non-hydrogen) atoms. The first-order valence-corrected chi connectivity index (χ1v) is 6.65. The maximum Gasteiger partial charge on any atom is 0.321 e.